The van der Waals surface area contributed by atoms with Gasteiger partial charge in [-0.3, -0.25) is 24.0 Å². The van der Waals surface area contributed by atoms with Crippen LogP contribution in [0.25, 0.3) is 16.6 Å². The fraction of sp³-hybridized carbons (Fsp3) is 0.267. The molecule has 0 radical (unpaired) electrons. The van der Waals surface area contributed by atoms with Gasteiger partial charge in [0.1, 0.15) is 30.1 Å². The largest absolute Gasteiger partial charge is 0.466 e. The zero-order chi connectivity index (χ0) is 28.1. The van der Waals surface area contributed by atoms with Gasteiger partial charge < -0.3 is 4.74 Å². The van der Waals surface area contributed by atoms with E-state index in [9.17, 15) is 18.4 Å². The van der Waals surface area contributed by atoms with Gasteiger partial charge in [-0.15, -0.1) is 0 Å². The summed E-state index contributed by atoms with van der Waals surface area (Å²) in [5, 5.41) is 0.385. The molecule has 10 heteroatoms. The molecule has 0 fully saturated rings. The summed E-state index contributed by atoms with van der Waals surface area (Å²) in [5.41, 5.74) is 4.99. The van der Waals surface area contributed by atoms with Gasteiger partial charge in [0, 0.05) is 18.4 Å². The van der Waals surface area contributed by atoms with Crippen molar-refractivity contribution in [2.75, 3.05) is 13.2 Å². The van der Waals surface area contributed by atoms with Gasteiger partial charge in [-0.2, -0.15) is 0 Å². The molecule has 2 heterocycles. The molecule has 0 bridgehead atoms. The van der Waals surface area contributed by atoms with Gasteiger partial charge in [0.05, 0.1) is 23.2 Å². The van der Waals surface area contributed by atoms with E-state index in [1.165, 1.54) is 41.0 Å². The van der Waals surface area contributed by atoms with Crippen molar-refractivity contribution in [1.29, 1.82) is 0 Å². The Bertz CT molecular complexity index is 1600. The van der Waals surface area contributed by atoms with Crippen molar-refractivity contribution in [3.8, 4) is 5.69 Å². The van der Waals surface area contributed by atoms with E-state index in [2.05, 4.69) is 5.48 Å². The molecule has 1 aliphatic heterocycles. The second-order valence-electron chi connectivity index (χ2n) is 9.35. The van der Waals surface area contributed by atoms with E-state index in [0.717, 1.165) is 5.56 Å². The number of carbonyl (C=O) groups is 1. The van der Waals surface area contributed by atoms with Crippen LogP contribution in [0.1, 0.15) is 49.2 Å². The van der Waals surface area contributed by atoms with Crippen molar-refractivity contribution in [3.05, 3.63) is 106 Å². The number of hydroxylamine groups is 1. The molecule has 1 unspecified atom stereocenters. The molecule has 0 saturated carbocycles. The number of fused-ring (bicyclic) bond motifs is 1. The van der Waals surface area contributed by atoms with Crippen LogP contribution in [0.4, 0.5) is 8.78 Å². The van der Waals surface area contributed by atoms with E-state index in [4.69, 9.17) is 19.6 Å². The lowest BCUT2D eigenvalue weighted by molar-refractivity contribution is -0.143. The van der Waals surface area contributed by atoms with Crippen LogP contribution in [0.5, 0.6) is 0 Å². The van der Waals surface area contributed by atoms with E-state index in [0.29, 0.717) is 59.7 Å². The first-order chi connectivity index (χ1) is 19.4. The van der Waals surface area contributed by atoms with Gasteiger partial charge in [-0.25, -0.2) is 19.2 Å². The highest BCUT2D eigenvalue weighted by atomic mass is 19.1. The van der Waals surface area contributed by atoms with Crippen molar-refractivity contribution < 1.29 is 23.1 Å². The number of hydrogen-bond donors (Lipinski definition) is 1. The Morgan fingerprint density at radius 2 is 1.77 bits per heavy atom. The van der Waals surface area contributed by atoms with Crippen LogP contribution in [0, 0.1) is 11.6 Å². The Kier molecular flexibility index (Phi) is 8.26. The van der Waals surface area contributed by atoms with Crippen LogP contribution >= 0.6 is 0 Å². The molecular weight excluding hydrogens is 518 g/mol. The number of halogens is 2. The van der Waals surface area contributed by atoms with E-state index in [1.807, 2.05) is 0 Å². The summed E-state index contributed by atoms with van der Waals surface area (Å²) in [7, 11) is 0. The van der Waals surface area contributed by atoms with Crippen molar-refractivity contribution in [1.82, 2.24) is 15.0 Å². The Morgan fingerprint density at radius 1 is 1.05 bits per heavy atom. The van der Waals surface area contributed by atoms with Crippen LogP contribution in [0.3, 0.4) is 0 Å². The summed E-state index contributed by atoms with van der Waals surface area (Å²) >= 11 is 0. The number of amidine groups is 1. The van der Waals surface area contributed by atoms with Crippen molar-refractivity contribution in [2.24, 2.45) is 4.99 Å². The van der Waals surface area contributed by atoms with Gasteiger partial charge in [-0.1, -0.05) is 18.2 Å². The number of nitrogens with one attached hydrogen (secondary N) is 1. The van der Waals surface area contributed by atoms with E-state index in [-0.39, 0.29) is 36.4 Å². The van der Waals surface area contributed by atoms with Crippen LogP contribution < -0.4 is 11.0 Å². The molecule has 1 aliphatic rings. The third-order valence-electron chi connectivity index (χ3n) is 6.58. The molecule has 206 valence electrons. The molecule has 0 spiro atoms. The normalized spacial score (nSPS) is 15.0. The average Bonchev–Trinajstić information content (AvgIpc) is 2.96. The smallest absolute Gasteiger partial charge is 0.305 e. The van der Waals surface area contributed by atoms with E-state index >= 15 is 0 Å². The van der Waals surface area contributed by atoms with Crippen molar-refractivity contribution >= 4 is 22.7 Å². The van der Waals surface area contributed by atoms with Crippen LogP contribution in [0.2, 0.25) is 0 Å². The predicted molar refractivity (Wildman–Crippen MR) is 146 cm³/mol. The lowest BCUT2D eigenvalue weighted by atomic mass is 10.1. The number of benzene rings is 3. The summed E-state index contributed by atoms with van der Waals surface area (Å²) in [6.07, 6.45) is 1.85. The molecule has 1 aromatic heterocycles. The number of hydrogen-bond acceptors (Lipinski definition) is 7. The number of rotatable bonds is 9. The molecule has 1 N–H and O–H groups in total. The minimum absolute atomic E-state index is 0.267. The third-order valence-corrected chi connectivity index (χ3v) is 6.58. The SMILES string of the molecule is CCOC(=O)CCCCc1nc2cc(C3=NC(c4ccc(F)cc4)CON3)ccc2c(=O)n1-c1ccc(F)cc1. The second kappa shape index (κ2) is 12.2. The molecular formula is C30H28F2N4O4. The molecule has 3 aromatic carbocycles. The minimum atomic E-state index is -0.409. The highest BCUT2D eigenvalue weighted by Crippen LogP contribution is 2.23. The third kappa shape index (κ3) is 6.07. The molecule has 0 amide bonds. The lowest BCUT2D eigenvalue weighted by Gasteiger charge is -2.22. The summed E-state index contributed by atoms with van der Waals surface area (Å²) in [6.45, 7) is 2.36. The van der Waals surface area contributed by atoms with Crippen LogP contribution in [0.15, 0.2) is 76.5 Å². The van der Waals surface area contributed by atoms with E-state index < -0.39 is 5.82 Å². The Labute approximate surface area is 229 Å². The van der Waals surface area contributed by atoms with Gasteiger partial charge in [0.2, 0.25) is 0 Å². The Balaban J connectivity index is 1.50. The average molecular weight is 547 g/mol. The van der Waals surface area contributed by atoms with Crippen molar-refractivity contribution in [2.45, 2.75) is 38.6 Å². The number of aryl methyl sites for hydroxylation is 1. The molecule has 0 saturated heterocycles. The number of nitrogens with zero attached hydrogens (tertiary/aromatic N) is 3. The molecule has 0 aliphatic carbocycles. The molecule has 8 nitrogen and oxygen atoms in total. The van der Waals surface area contributed by atoms with Gasteiger partial charge in [0.25, 0.3) is 5.56 Å². The molecule has 4 aromatic rings. The fourth-order valence-electron chi connectivity index (χ4n) is 4.59. The number of carbonyl (C=O) groups excluding carboxylic acids is 1. The van der Waals surface area contributed by atoms with E-state index in [1.54, 1.807) is 37.3 Å². The quantitative estimate of drug-likeness (QED) is 0.236. The standard InChI is InChI=1S/C30H28F2N4O4/c1-2-39-28(37)6-4-3-5-27-33-25-17-20(29-34-26(18-40-35-29)19-7-10-21(31)11-8-19)9-16-24(25)30(38)36(27)23-14-12-22(32)13-15-23/h7-17,26H,2-6,18H2,1H3,(H,34,35). The predicted octanol–water partition coefficient (Wildman–Crippen LogP) is 4.96. The maximum absolute atomic E-state index is 13.7. The van der Waals surface area contributed by atoms with Crippen LogP contribution in [-0.2, 0) is 20.8 Å². The topological polar surface area (TPSA) is 94.8 Å². The van der Waals surface area contributed by atoms with Crippen LogP contribution in [-0.4, -0.2) is 34.6 Å². The highest BCUT2D eigenvalue weighted by Gasteiger charge is 2.20. The number of aliphatic imine (C=N–C) groups is 1. The zero-order valence-electron chi connectivity index (χ0n) is 21.9. The van der Waals surface area contributed by atoms with Crippen molar-refractivity contribution in [3.63, 3.8) is 0 Å². The lowest BCUT2D eigenvalue weighted by Crippen LogP contribution is -2.32. The zero-order valence-corrected chi connectivity index (χ0v) is 21.9. The first kappa shape index (κ1) is 27.1. The Morgan fingerprint density at radius 3 is 2.50 bits per heavy atom. The molecule has 40 heavy (non-hydrogen) atoms. The van der Waals surface area contributed by atoms with Gasteiger partial charge in [-0.05, 0) is 73.9 Å². The minimum Gasteiger partial charge on any atom is -0.466 e. The maximum Gasteiger partial charge on any atom is 0.305 e. The Hall–Kier alpha value is -4.44. The maximum atomic E-state index is 13.7. The summed E-state index contributed by atoms with van der Waals surface area (Å²) in [4.78, 5) is 40.5. The summed E-state index contributed by atoms with van der Waals surface area (Å²) < 4.78 is 33.5. The second-order valence-corrected chi connectivity index (χ2v) is 9.35. The number of unbranched alkanes of at least 4 members (excludes halogenated alkanes) is 1. The molecule has 5 rings (SSSR count). The highest BCUT2D eigenvalue weighted by molar-refractivity contribution is 6.01. The molecule has 1 atom stereocenters. The number of aromatic nitrogens is 2. The fourth-order valence-corrected chi connectivity index (χ4v) is 4.59. The van der Waals surface area contributed by atoms with Gasteiger partial charge >= 0.3 is 5.97 Å². The first-order valence-corrected chi connectivity index (χ1v) is 13.1. The number of esters is 1. The first-order valence-electron chi connectivity index (χ1n) is 13.1. The monoisotopic (exact) mass is 546 g/mol. The number of ether oxygens (including phenoxy) is 1. The van der Waals surface area contributed by atoms with Gasteiger partial charge in [0.15, 0.2) is 5.84 Å². The summed E-state index contributed by atoms with van der Waals surface area (Å²) in [6, 6.07) is 16.6. The summed E-state index contributed by atoms with van der Waals surface area (Å²) in [5.74, 6) is -0.0528.